The Morgan fingerprint density at radius 1 is 0.767 bits per heavy atom. The maximum atomic E-state index is 13.0. The summed E-state index contributed by atoms with van der Waals surface area (Å²) in [6.07, 6.45) is 5.20. The van der Waals surface area contributed by atoms with E-state index in [0.29, 0.717) is 11.1 Å². The van der Waals surface area contributed by atoms with Gasteiger partial charge in [0.1, 0.15) is 0 Å². The van der Waals surface area contributed by atoms with Crippen molar-refractivity contribution in [3.8, 4) is 0 Å². The average Bonchev–Trinajstić information content (AvgIpc) is 2.77. The number of benzene rings is 2. The highest BCUT2D eigenvalue weighted by Gasteiger charge is 2.53. The number of carbonyl (C=O) groups excluding carboxylic acids is 1. The number of nitro benzene ring substituents is 2. The maximum absolute atomic E-state index is 13.0. The first-order chi connectivity index (χ1) is 14.4. The molecule has 2 aromatic carbocycles. The zero-order chi connectivity index (χ0) is 21.3. The van der Waals surface area contributed by atoms with Gasteiger partial charge in [-0.05, 0) is 73.5 Å². The number of hydrogen-bond donors (Lipinski definition) is 1. The van der Waals surface area contributed by atoms with Crippen LogP contribution in [-0.2, 0) is 4.79 Å². The Morgan fingerprint density at radius 3 is 1.53 bits per heavy atom. The van der Waals surface area contributed by atoms with Crippen LogP contribution in [0.5, 0.6) is 0 Å². The molecule has 152 valence electrons. The number of allylic oxidation sites excluding steroid dienone is 2. The molecule has 4 rings (SSSR count). The molecule has 0 aromatic heterocycles. The Hall–Kier alpha value is -3.65. The van der Waals surface area contributed by atoms with E-state index in [1.165, 1.54) is 24.3 Å². The second-order valence-electron chi connectivity index (χ2n) is 7.47. The number of nitro groups is 2. The van der Waals surface area contributed by atoms with E-state index in [0.717, 1.165) is 37.1 Å². The summed E-state index contributed by atoms with van der Waals surface area (Å²) in [6.45, 7) is 1.56. The highest BCUT2D eigenvalue weighted by molar-refractivity contribution is 6.23. The number of hydrogen-bond acceptors (Lipinski definition) is 6. The van der Waals surface area contributed by atoms with E-state index in [9.17, 15) is 25.0 Å². The molecule has 8 nitrogen and oxygen atoms in total. The van der Waals surface area contributed by atoms with Crippen LogP contribution in [-0.4, -0.2) is 28.7 Å². The van der Waals surface area contributed by atoms with Crippen molar-refractivity contribution in [3.63, 3.8) is 0 Å². The summed E-state index contributed by atoms with van der Waals surface area (Å²) in [5.74, 6) is -0.0476. The van der Waals surface area contributed by atoms with Crippen LogP contribution in [0.4, 0.5) is 11.4 Å². The summed E-state index contributed by atoms with van der Waals surface area (Å²) >= 11 is 0. The monoisotopic (exact) mass is 405 g/mol. The molecule has 0 radical (unpaired) electrons. The van der Waals surface area contributed by atoms with Gasteiger partial charge in [0.15, 0.2) is 5.78 Å². The number of piperidine rings is 1. The molecule has 0 amide bonds. The van der Waals surface area contributed by atoms with Gasteiger partial charge in [0, 0.05) is 40.8 Å². The first-order valence-corrected chi connectivity index (χ1v) is 9.59. The van der Waals surface area contributed by atoms with Crippen LogP contribution >= 0.6 is 0 Å². The molecule has 1 heterocycles. The molecule has 30 heavy (non-hydrogen) atoms. The minimum Gasteiger partial charge on any atom is -0.317 e. The van der Waals surface area contributed by atoms with Crippen molar-refractivity contribution < 1.29 is 14.6 Å². The fraction of sp³-hybridized carbons (Fsp3) is 0.227. The maximum Gasteiger partial charge on any atom is 0.269 e. The van der Waals surface area contributed by atoms with E-state index < -0.39 is 9.85 Å². The normalized spacial score (nSPS) is 20.3. The van der Waals surface area contributed by atoms with E-state index in [4.69, 9.17) is 0 Å². The molecular formula is C22H19N3O5. The van der Waals surface area contributed by atoms with Crippen LogP contribution < -0.4 is 5.32 Å². The van der Waals surface area contributed by atoms with E-state index in [1.54, 1.807) is 24.3 Å². The number of rotatable bonds is 4. The zero-order valence-corrected chi connectivity index (χ0v) is 16.0. The van der Waals surface area contributed by atoms with Crippen molar-refractivity contribution >= 4 is 29.3 Å². The van der Waals surface area contributed by atoms with Gasteiger partial charge >= 0.3 is 0 Å². The molecule has 1 aliphatic heterocycles. The molecule has 2 aliphatic rings. The van der Waals surface area contributed by atoms with E-state index >= 15 is 0 Å². The van der Waals surface area contributed by atoms with Crippen molar-refractivity contribution in [1.29, 1.82) is 0 Å². The van der Waals surface area contributed by atoms with Gasteiger partial charge in [0.25, 0.3) is 11.4 Å². The quantitative estimate of drug-likeness (QED) is 0.468. The van der Waals surface area contributed by atoms with E-state index in [2.05, 4.69) is 5.32 Å². The van der Waals surface area contributed by atoms with Crippen molar-refractivity contribution in [2.24, 2.45) is 5.41 Å². The minimum absolute atomic E-state index is 0.00687. The van der Waals surface area contributed by atoms with Crippen molar-refractivity contribution in [2.75, 3.05) is 13.1 Å². The second-order valence-corrected chi connectivity index (χ2v) is 7.47. The summed E-state index contributed by atoms with van der Waals surface area (Å²) < 4.78 is 0. The lowest BCUT2D eigenvalue weighted by Gasteiger charge is -2.48. The fourth-order valence-electron chi connectivity index (χ4n) is 4.18. The molecule has 1 saturated carbocycles. The Balaban J connectivity index is 1.68. The first kappa shape index (κ1) is 19.7. The Kier molecular flexibility index (Phi) is 5.01. The predicted molar refractivity (Wildman–Crippen MR) is 112 cm³/mol. The summed E-state index contributed by atoms with van der Waals surface area (Å²) in [7, 11) is 0. The molecule has 1 N–H and O–H groups in total. The lowest BCUT2D eigenvalue weighted by Crippen LogP contribution is -2.50. The van der Waals surface area contributed by atoms with Gasteiger partial charge in [0.05, 0.1) is 9.85 Å². The number of ketones is 1. The minimum atomic E-state index is -0.454. The molecule has 2 fully saturated rings. The van der Waals surface area contributed by atoms with Crippen LogP contribution in [0, 0.1) is 25.6 Å². The highest BCUT2D eigenvalue weighted by atomic mass is 16.6. The lowest BCUT2D eigenvalue weighted by atomic mass is 9.54. The van der Waals surface area contributed by atoms with Crippen LogP contribution in [0.15, 0.2) is 59.7 Å². The van der Waals surface area contributed by atoms with E-state index in [1.807, 2.05) is 12.2 Å². The highest BCUT2D eigenvalue weighted by Crippen LogP contribution is 2.55. The molecule has 1 aliphatic carbocycles. The smallest absolute Gasteiger partial charge is 0.269 e. The Morgan fingerprint density at radius 2 is 1.17 bits per heavy atom. The molecule has 0 atom stereocenters. The molecule has 0 bridgehead atoms. The largest absolute Gasteiger partial charge is 0.317 e. The Bertz CT molecular complexity index is 999. The number of nitrogens with one attached hydrogen (secondary N) is 1. The number of nitrogens with zero attached hydrogens (tertiary/aromatic N) is 2. The summed E-state index contributed by atoms with van der Waals surface area (Å²) in [5, 5.41) is 25.0. The first-order valence-electron chi connectivity index (χ1n) is 9.59. The molecular weight excluding hydrogens is 386 g/mol. The number of carbonyl (C=O) groups is 1. The standard InChI is InChI=1S/C22H19N3O5/c26-21-19(13-15-1-5-17(6-2-15)24(27)28)22(9-11-23-12-10-22)20(21)14-16-3-7-18(8-4-16)25(29)30/h1-8,13-14,23H,9-12H2/b19-13-,20-14-. The van der Waals surface area contributed by atoms with Crippen LogP contribution in [0.25, 0.3) is 12.2 Å². The topological polar surface area (TPSA) is 115 Å². The molecule has 2 aromatic rings. The molecule has 1 spiro atoms. The molecule has 0 unspecified atom stereocenters. The molecule has 1 saturated heterocycles. The average molecular weight is 405 g/mol. The van der Waals surface area contributed by atoms with E-state index in [-0.39, 0.29) is 22.6 Å². The van der Waals surface area contributed by atoms with Gasteiger partial charge < -0.3 is 5.32 Å². The summed E-state index contributed by atoms with van der Waals surface area (Å²) in [5.41, 5.74) is 2.57. The summed E-state index contributed by atoms with van der Waals surface area (Å²) in [6, 6.07) is 12.3. The second kappa shape index (κ2) is 7.64. The van der Waals surface area contributed by atoms with Crippen molar-refractivity contribution in [3.05, 3.63) is 91.0 Å². The van der Waals surface area contributed by atoms with Gasteiger partial charge in [-0.25, -0.2) is 0 Å². The predicted octanol–water partition coefficient (Wildman–Crippen LogP) is 3.92. The van der Waals surface area contributed by atoms with Crippen molar-refractivity contribution in [1.82, 2.24) is 5.32 Å². The van der Waals surface area contributed by atoms with Gasteiger partial charge in [-0.15, -0.1) is 0 Å². The van der Waals surface area contributed by atoms with Crippen LogP contribution in [0.3, 0.4) is 0 Å². The number of non-ortho nitro benzene ring substituents is 2. The third-order valence-corrected chi connectivity index (χ3v) is 5.81. The Labute approximate surface area is 172 Å². The SMILES string of the molecule is O=C1/C(=C/c2ccc([N+](=O)[O-])cc2)C2(CCNCC2)/C1=C\c1ccc([N+](=O)[O-])cc1. The zero-order valence-electron chi connectivity index (χ0n) is 16.0. The third-order valence-electron chi connectivity index (χ3n) is 5.81. The third kappa shape index (κ3) is 3.42. The fourth-order valence-corrected chi connectivity index (χ4v) is 4.18. The van der Waals surface area contributed by atoms with Crippen molar-refractivity contribution in [2.45, 2.75) is 12.8 Å². The number of Topliss-reactive ketones (excluding diaryl/α,β-unsaturated/α-hetero) is 1. The van der Waals surface area contributed by atoms with Gasteiger partial charge in [-0.2, -0.15) is 0 Å². The van der Waals surface area contributed by atoms with Gasteiger partial charge in [0.2, 0.25) is 0 Å². The van der Waals surface area contributed by atoms with Crippen LogP contribution in [0.2, 0.25) is 0 Å². The van der Waals surface area contributed by atoms with Gasteiger partial charge in [-0.1, -0.05) is 0 Å². The van der Waals surface area contributed by atoms with Gasteiger partial charge in [-0.3, -0.25) is 25.0 Å². The molecule has 8 heteroatoms. The lowest BCUT2D eigenvalue weighted by molar-refractivity contribution is -0.385. The van der Waals surface area contributed by atoms with Crippen LogP contribution in [0.1, 0.15) is 24.0 Å². The summed E-state index contributed by atoms with van der Waals surface area (Å²) in [4.78, 5) is 33.8.